The Labute approximate surface area is 192 Å². The van der Waals surface area contributed by atoms with Crippen molar-refractivity contribution in [2.24, 2.45) is 5.92 Å². The molecule has 1 amide bonds. The lowest BCUT2D eigenvalue weighted by Crippen LogP contribution is -2.43. The standard InChI is InChI=1S/C23H27N3O4S2/c1-3-30-18-8-10-19(11-9-18)32(28,29)26-14-12-17(13-15-26)23(27)25(2)16-22-24-20-6-4-5-7-21(20)31-22/h4-11,17H,3,12-16H2,1-2H3. The molecule has 1 aliphatic rings. The molecule has 0 aliphatic carbocycles. The van der Waals surface area contributed by atoms with Crippen LogP contribution in [0.4, 0.5) is 0 Å². The lowest BCUT2D eigenvalue weighted by Gasteiger charge is -2.32. The summed E-state index contributed by atoms with van der Waals surface area (Å²) < 4.78 is 33.9. The highest BCUT2D eigenvalue weighted by atomic mass is 32.2. The van der Waals surface area contributed by atoms with Crippen LogP contribution in [0.5, 0.6) is 5.75 Å². The molecule has 2 heterocycles. The molecule has 0 saturated carbocycles. The molecule has 1 fully saturated rings. The van der Waals surface area contributed by atoms with E-state index in [1.165, 1.54) is 4.31 Å². The summed E-state index contributed by atoms with van der Waals surface area (Å²) in [6.07, 6.45) is 1.03. The average molecular weight is 474 g/mol. The Bertz CT molecular complexity index is 1150. The molecule has 0 spiro atoms. The van der Waals surface area contributed by atoms with Gasteiger partial charge in [-0.1, -0.05) is 12.1 Å². The van der Waals surface area contributed by atoms with Crippen LogP contribution in [0.25, 0.3) is 10.2 Å². The molecular weight excluding hydrogens is 446 g/mol. The van der Waals surface area contributed by atoms with E-state index in [2.05, 4.69) is 4.98 Å². The van der Waals surface area contributed by atoms with E-state index in [1.54, 1.807) is 47.5 Å². The van der Waals surface area contributed by atoms with Crippen molar-refractivity contribution < 1.29 is 17.9 Å². The Balaban J connectivity index is 1.35. The highest BCUT2D eigenvalue weighted by Gasteiger charge is 2.33. The third-order valence-corrected chi connectivity index (χ3v) is 8.60. The highest BCUT2D eigenvalue weighted by molar-refractivity contribution is 7.89. The summed E-state index contributed by atoms with van der Waals surface area (Å²) in [6.45, 7) is 3.54. The zero-order valence-electron chi connectivity index (χ0n) is 18.2. The fraction of sp³-hybridized carbons (Fsp3) is 0.391. The largest absolute Gasteiger partial charge is 0.494 e. The first-order chi connectivity index (χ1) is 15.4. The Morgan fingerprint density at radius 2 is 1.84 bits per heavy atom. The number of carbonyl (C=O) groups is 1. The van der Waals surface area contributed by atoms with E-state index in [-0.39, 0.29) is 16.7 Å². The van der Waals surface area contributed by atoms with Gasteiger partial charge in [0.25, 0.3) is 0 Å². The predicted octanol–water partition coefficient (Wildman–Crippen LogP) is 3.75. The SMILES string of the molecule is CCOc1ccc(S(=O)(=O)N2CCC(C(=O)N(C)Cc3nc4ccccc4s3)CC2)cc1. The van der Waals surface area contributed by atoms with Crippen molar-refractivity contribution in [2.75, 3.05) is 26.7 Å². The molecule has 0 bridgehead atoms. The van der Waals surface area contributed by atoms with Crippen LogP contribution in [0, 0.1) is 5.92 Å². The Kier molecular flexibility index (Phi) is 6.78. The number of piperidine rings is 1. The van der Waals surface area contributed by atoms with Crippen molar-refractivity contribution in [2.45, 2.75) is 31.2 Å². The molecule has 3 aromatic rings. The van der Waals surface area contributed by atoms with Crippen LogP contribution < -0.4 is 4.74 Å². The van der Waals surface area contributed by atoms with Crippen LogP contribution in [0.15, 0.2) is 53.4 Å². The number of nitrogens with zero attached hydrogens (tertiary/aromatic N) is 3. The number of ether oxygens (including phenoxy) is 1. The maximum absolute atomic E-state index is 13.0. The molecule has 1 aromatic heterocycles. The summed E-state index contributed by atoms with van der Waals surface area (Å²) >= 11 is 1.59. The molecule has 1 aliphatic heterocycles. The molecule has 9 heteroatoms. The van der Waals surface area contributed by atoms with Gasteiger partial charge in [-0.3, -0.25) is 4.79 Å². The minimum absolute atomic E-state index is 0.0439. The fourth-order valence-electron chi connectivity index (χ4n) is 3.95. The van der Waals surface area contributed by atoms with Gasteiger partial charge in [-0.05, 0) is 56.2 Å². The van der Waals surface area contributed by atoms with Crippen LogP contribution >= 0.6 is 11.3 Å². The van der Waals surface area contributed by atoms with Gasteiger partial charge in [-0.25, -0.2) is 13.4 Å². The summed E-state index contributed by atoms with van der Waals surface area (Å²) in [7, 11) is -1.79. The molecule has 0 unspecified atom stereocenters. The zero-order chi connectivity index (χ0) is 22.7. The van der Waals surface area contributed by atoms with E-state index in [4.69, 9.17) is 4.74 Å². The molecule has 32 heavy (non-hydrogen) atoms. The lowest BCUT2D eigenvalue weighted by atomic mass is 9.97. The van der Waals surface area contributed by atoms with Crippen LogP contribution in [-0.2, 0) is 21.4 Å². The molecule has 0 radical (unpaired) electrons. The predicted molar refractivity (Wildman–Crippen MR) is 125 cm³/mol. The van der Waals surface area contributed by atoms with E-state index in [0.29, 0.717) is 44.8 Å². The molecule has 2 aromatic carbocycles. The first-order valence-corrected chi connectivity index (χ1v) is 13.0. The monoisotopic (exact) mass is 473 g/mol. The third kappa shape index (κ3) is 4.79. The van der Waals surface area contributed by atoms with Gasteiger partial charge in [-0.15, -0.1) is 11.3 Å². The van der Waals surface area contributed by atoms with Crippen LogP contribution in [0.1, 0.15) is 24.8 Å². The summed E-state index contributed by atoms with van der Waals surface area (Å²) in [4.78, 5) is 19.5. The summed E-state index contributed by atoms with van der Waals surface area (Å²) in [6, 6.07) is 14.4. The van der Waals surface area contributed by atoms with Crippen molar-refractivity contribution in [3.63, 3.8) is 0 Å². The van der Waals surface area contributed by atoms with Gasteiger partial charge < -0.3 is 9.64 Å². The van der Waals surface area contributed by atoms with E-state index >= 15 is 0 Å². The number of hydrogen-bond acceptors (Lipinski definition) is 6. The van der Waals surface area contributed by atoms with Gasteiger partial charge in [0.15, 0.2) is 0 Å². The second-order valence-electron chi connectivity index (χ2n) is 7.85. The smallest absolute Gasteiger partial charge is 0.243 e. The quantitative estimate of drug-likeness (QED) is 0.522. The first-order valence-electron chi connectivity index (χ1n) is 10.7. The van der Waals surface area contributed by atoms with Crippen molar-refractivity contribution in [3.8, 4) is 5.75 Å². The van der Waals surface area contributed by atoms with Gasteiger partial charge in [0, 0.05) is 26.1 Å². The fourth-order valence-corrected chi connectivity index (χ4v) is 6.44. The molecule has 4 rings (SSSR count). The Hall–Kier alpha value is -2.49. The first kappa shape index (κ1) is 22.7. The van der Waals surface area contributed by atoms with E-state index < -0.39 is 10.0 Å². The van der Waals surface area contributed by atoms with Crippen LogP contribution in [-0.4, -0.2) is 55.3 Å². The van der Waals surface area contributed by atoms with E-state index in [1.807, 2.05) is 31.2 Å². The highest BCUT2D eigenvalue weighted by Crippen LogP contribution is 2.27. The number of aromatic nitrogens is 1. The molecular formula is C23H27N3O4S2. The number of rotatable bonds is 7. The Morgan fingerprint density at radius 1 is 1.16 bits per heavy atom. The van der Waals surface area contributed by atoms with Crippen LogP contribution in [0.2, 0.25) is 0 Å². The van der Waals surface area contributed by atoms with Crippen molar-refractivity contribution in [3.05, 3.63) is 53.5 Å². The van der Waals surface area contributed by atoms with Gasteiger partial charge in [0.2, 0.25) is 15.9 Å². The topological polar surface area (TPSA) is 79.8 Å². The van der Waals surface area contributed by atoms with Crippen LogP contribution in [0.3, 0.4) is 0 Å². The maximum atomic E-state index is 13.0. The number of sulfonamides is 1. The van der Waals surface area contributed by atoms with Gasteiger partial charge in [0.05, 0.1) is 28.3 Å². The van der Waals surface area contributed by atoms with E-state index in [9.17, 15) is 13.2 Å². The zero-order valence-corrected chi connectivity index (χ0v) is 19.9. The third-order valence-electron chi connectivity index (χ3n) is 5.66. The Morgan fingerprint density at radius 3 is 2.50 bits per heavy atom. The number of fused-ring (bicyclic) bond motifs is 1. The normalized spacial score (nSPS) is 15.7. The molecule has 0 atom stereocenters. The summed E-state index contributed by atoms with van der Waals surface area (Å²) in [5.74, 6) is 0.510. The lowest BCUT2D eigenvalue weighted by molar-refractivity contribution is -0.135. The van der Waals surface area contributed by atoms with Crippen molar-refractivity contribution in [1.29, 1.82) is 0 Å². The number of para-hydroxylation sites is 1. The number of benzene rings is 2. The number of carbonyl (C=O) groups excluding carboxylic acids is 1. The molecule has 1 saturated heterocycles. The summed E-state index contributed by atoms with van der Waals surface area (Å²) in [5.41, 5.74) is 0.946. The molecule has 170 valence electrons. The van der Waals surface area contributed by atoms with Crippen molar-refractivity contribution in [1.82, 2.24) is 14.2 Å². The average Bonchev–Trinajstić information content (AvgIpc) is 3.21. The number of amides is 1. The molecule has 0 N–H and O–H groups in total. The van der Waals surface area contributed by atoms with Gasteiger partial charge >= 0.3 is 0 Å². The van der Waals surface area contributed by atoms with Gasteiger partial charge in [-0.2, -0.15) is 4.31 Å². The van der Waals surface area contributed by atoms with E-state index in [0.717, 1.165) is 15.2 Å². The minimum Gasteiger partial charge on any atom is -0.494 e. The second-order valence-corrected chi connectivity index (χ2v) is 10.9. The maximum Gasteiger partial charge on any atom is 0.243 e. The summed E-state index contributed by atoms with van der Waals surface area (Å²) in [5, 5.41) is 0.901. The number of hydrogen-bond donors (Lipinski definition) is 0. The van der Waals surface area contributed by atoms with Gasteiger partial charge in [0.1, 0.15) is 10.8 Å². The van der Waals surface area contributed by atoms with Crippen molar-refractivity contribution >= 4 is 37.5 Å². The minimum atomic E-state index is -3.58. The second kappa shape index (κ2) is 9.56. The molecule has 7 nitrogen and oxygen atoms in total. The number of thiazole rings is 1.